The van der Waals surface area contributed by atoms with Crippen LogP contribution < -0.4 is 4.90 Å². The van der Waals surface area contributed by atoms with Crippen molar-refractivity contribution in [2.75, 3.05) is 11.4 Å². The predicted octanol–water partition coefficient (Wildman–Crippen LogP) is 2.61. The van der Waals surface area contributed by atoms with E-state index in [0.29, 0.717) is 5.02 Å². The van der Waals surface area contributed by atoms with Gasteiger partial charge in [-0.1, -0.05) is 17.7 Å². The summed E-state index contributed by atoms with van der Waals surface area (Å²) in [6, 6.07) is 7.30. The quantitative estimate of drug-likeness (QED) is 0.942. The molecular weight excluding hydrogens is 299 g/mol. The van der Waals surface area contributed by atoms with Crippen LogP contribution in [0.2, 0.25) is 5.02 Å². The van der Waals surface area contributed by atoms with Crippen LogP contribution in [0, 0.1) is 5.82 Å². The number of hydrogen-bond acceptors (Lipinski definition) is 3. The summed E-state index contributed by atoms with van der Waals surface area (Å²) in [7, 11) is 0. The lowest BCUT2D eigenvalue weighted by atomic mass is 10.2. The van der Waals surface area contributed by atoms with Gasteiger partial charge in [-0.3, -0.25) is 19.5 Å². The Balaban J connectivity index is 2.43. The van der Waals surface area contributed by atoms with Gasteiger partial charge < -0.3 is 5.11 Å². The van der Waals surface area contributed by atoms with Gasteiger partial charge in [0, 0.05) is 16.9 Å². The van der Waals surface area contributed by atoms with Crippen LogP contribution in [0.25, 0.3) is 0 Å². The average Bonchev–Trinajstić information content (AvgIpc) is 2.44. The molecule has 1 amide bonds. The van der Waals surface area contributed by atoms with Crippen molar-refractivity contribution in [3.8, 4) is 0 Å². The van der Waals surface area contributed by atoms with Crippen molar-refractivity contribution < 1.29 is 19.1 Å². The molecule has 2 aromatic rings. The van der Waals surface area contributed by atoms with Gasteiger partial charge >= 0.3 is 5.97 Å². The Morgan fingerprint density at radius 2 is 2.10 bits per heavy atom. The molecule has 0 bridgehead atoms. The molecule has 0 aliphatic carbocycles. The zero-order chi connectivity index (χ0) is 15.4. The number of anilines is 1. The van der Waals surface area contributed by atoms with Gasteiger partial charge in [0.05, 0.1) is 11.8 Å². The van der Waals surface area contributed by atoms with Gasteiger partial charge in [0.2, 0.25) is 0 Å². The molecule has 0 saturated heterocycles. The molecule has 0 spiro atoms. The normalized spacial score (nSPS) is 10.2. The van der Waals surface area contributed by atoms with Crippen LogP contribution in [0.4, 0.5) is 10.1 Å². The minimum atomic E-state index is -1.22. The Morgan fingerprint density at radius 1 is 1.33 bits per heavy atom. The SMILES string of the molecule is O=C(O)CN(C(=O)c1ccncc1F)c1cccc(Cl)c1. The van der Waals surface area contributed by atoms with Crippen molar-refractivity contribution in [1.82, 2.24) is 4.98 Å². The number of hydrogen-bond donors (Lipinski definition) is 1. The van der Waals surface area contributed by atoms with Crippen molar-refractivity contribution in [3.63, 3.8) is 0 Å². The predicted molar refractivity (Wildman–Crippen MR) is 75.0 cm³/mol. The van der Waals surface area contributed by atoms with E-state index < -0.39 is 24.2 Å². The lowest BCUT2D eigenvalue weighted by Crippen LogP contribution is -2.36. The molecule has 1 N–H and O–H groups in total. The fourth-order valence-electron chi connectivity index (χ4n) is 1.75. The molecule has 108 valence electrons. The number of amides is 1. The highest BCUT2D eigenvalue weighted by molar-refractivity contribution is 6.31. The molecule has 0 radical (unpaired) electrons. The Morgan fingerprint density at radius 3 is 2.71 bits per heavy atom. The largest absolute Gasteiger partial charge is 0.480 e. The Hall–Kier alpha value is -2.47. The first-order chi connectivity index (χ1) is 9.99. The number of rotatable bonds is 4. The van der Waals surface area contributed by atoms with E-state index in [-0.39, 0.29) is 11.3 Å². The van der Waals surface area contributed by atoms with Crippen LogP contribution in [0.5, 0.6) is 0 Å². The van der Waals surface area contributed by atoms with Crippen LogP contribution in [0.1, 0.15) is 10.4 Å². The average molecular weight is 309 g/mol. The fraction of sp³-hybridized carbons (Fsp3) is 0.0714. The molecule has 0 aliphatic heterocycles. The number of halogens is 2. The second-order valence-corrected chi connectivity index (χ2v) is 4.56. The summed E-state index contributed by atoms with van der Waals surface area (Å²) in [4.78, 5) is 27.8. The third-order valence-electron chi connectivity index (χ3n) is 2.66. The molecule has 0 fully saturated rings. The van der Waals surface area contributed by atoms with E-state index in [0.717, 1.165) is 11.1 Å². The first-order valence-electron chi connectivity index (χ1n) is 5.88. The highest BCUT2D eigenvalue weighted by Crippen LogP contribution is 2.22. The Labute approximate surface area is 124 Å². The number of pyridine rings is 1. The molecule has 7 heteroatoms. The summed E-state index contributed by atoms with van der Waals surface area (Å²) >= 11 is 5.84. The minimum absolute atomic E-state index is 0.258. The molecule has 0 unspecified atom stereocenters. The molecule has 0 atom stereocenters. The molecule has 1 aromatic heterocycles. The van der Waals surface area contributed by atoms with Gasteiger partial charge in [-0.25, -0.2) is 4.39 Å². The smallest absolute Gasteiger partial charge is 0.323 e. The number of nitrogens with zero attached hydrogens (tertiary/aromatic N) is 2. The standard InChI is InChI=1S/C14H10ClFN2O3/c15-9-2-1-3-10(6-9)18(8-13(19)20)14(21)11-4-5-17-7-12(11)16/h1-7H,8H2,(H,19,20). The number of benzene rings is 1. The highest BCUT2D eigenvalue weighted by atomic mass is 35.5. The molecule has 0 aliphatic rings. The van der Waals surface area contributed by atoms with E-state index in [9.17, 15) is 14.0 Å². The van der Waals surface area contributed by atoms with Crippen LogP contribution in [-0.2, 0) is 4.79 Å². The maximum Gasteiger partial charge on any atom is 0.323 e. The van der Waals surface area contributed by atoms with Crippen LogP contribution in [0.15, 0.2) is 42.7 Å². The molecule has 0 saturated carbocycles. The minimum Gasteiger partial charge on any atom is -0.480 e. The Kier molecular flexibility index (Phi) is 4.49. The van der Waals surface area contributed by atoms with Gasteiger partial charge in [0.15, 0.2) is 5.82 Å². The summed E-state index contributed by atoms with van der Waals surface area (Å²) < 4.78 is 13.6. The van der Waals surface area contributed by atoms with Crippen molar-refractivity contribution in [2.24, 2.45) is 0 Å². The highest BCUT2D eigenvalue weighted by Gasteiger charge is 2.23. The monoisotopic (exact) mass is 308 g/mol. The maximum atomic E-state index is 13.6. The number of carbonyl (C=O) groups is 2. The van der Waals surface area contributed by atoms with Gasteiger partial charge in [-0.2, -0.15) is 0 Å². The second-order valence-electron chi connectivity index (χ2n) is 4.12. The molecule has 1 heterocycles. The number of aliphatic carboxylic acids is 1. The lowest BCUT2D eigenvalue weighted by molar-refractivity contribution is -0.135. The summed E-state index contributed by atoms with van der Waals surface area (Å²) in [5.41, 5.74) is 0.0114. The van der Waals surface area contributed by atoms with Crippen LogP contribution in [-0.4, -0.2) is 28.5 Å². The van der Waals surface area contributed by atoms with E-state index in [1.165, 1.54) is 24.4 Å². The maximum absolute atomic E-state index is 13.6. The van der Waals surface area contributed by atoms with Gasteiger partial charge in [-0.15, -0.1) is 0 Å². The molecule has 21 heavy (non-hydrogen) atoms. The summed E-state index contributed by atoms with van der Waals surface area (Å²) in [6.45, 7) is -0.610. The summed E-state index contributed by atoms with van der Waals surface area (Å²) in [5.74, 6) is -2.82. The zero-order valence-electron chi connectivity index (χ0n) is 10.7. The number of carbonyl (C=O) groups excluding carboxylic acids is 1. The third kappa shape index (κ3) is 3.55. The zero-order valence-corrected chi connectivity index (χ0v) is 11.4. The lowest BCUT2D eigenvalue weighted by Gasteiger charge is -2.21. The molecule has 5 nitrogen and oxygen atoms in total. The summed E-state index contributed by atoms with van der Waals surface area (Å²) in [5, 5.41) is 9.29. The van der Waals surface area contributed by atoms with E-state index in [4.69, 9.17) is 16.7 Å². The first kappa shape index (κ1) is 14.9. The molecular formula is C14H10ClFN2O3. The van der Waals surface area contributed by atoms with E-state index in [1.54, 1.807) is 12.1 Å². The second kappa shape index (κ2) is 6.32. The van der Waals surface area contributed by atoms with Gasteiger partial charge in [0.1, 0.15) is 6.54 Å². The van der Waals surface area contributed by atoms with Gasteiger partial charge in [0.25, 0.3) is 5.91 Å². The van der Waals surface area contributed by atoms with Crippen molar-refractivity contribution >= 4 is 29.2 Å². The number of aromatic nitrogens is 1. The van der Waals surface area contributed by atoms with E-state index in [1.807, 2.05) is 0 Å². The van der Waals surface area contributed by atoms with Crippen molar-refractivity contribution in [1.29, 1.82) is 0 Å². The van der Waals surface area contributed by atoms with E-state index >= 15 is 0 Å². The number of carboxylic acids is 1. The summed E-state index contributed by atoms with van der Waals surface area (Å²) in [6.07, 6.45) is 2.15. The molecule has 1 aromatic carbocycles. The third-order valence-corrected chi connectivity index (χ3v) is 2.90. The molecule has 2 rings (SSSR count). The van der Waals surface area contributed by atoms with E-state index in [2.05, 4.69) is 4.98 Å². The topological polar surface area (TPSA) is 70.5 Å². The number of carboxylic acid groups (broad SMARTS) is 1. The Bertz CT molecular complexity index is 693. The van der Waals surface area contributed by atoms with Crippen molar-refractivity contribution in [3.05, 3.63) is 59.1 Å². The van der Waals surface area contributed by atoms with Crippen molar-refractivity contribution in [2.45, 2.75) is 0 Å². The van der Waals surface area contributed by atoms with Gasteiger partial charge in [-0.05, 0) is 24.3 Å². The fourth-order valence-corrected chi connectivity index (χ4v) is 1.94. The first-order valence-corrected chi connectivity index (χ1v) is 6.25. The van der Waals surface area contributed by atoms with Crippen LogP contribution in [0.3, 0.4) is 0 Å². The van der Waals surface area contributed by atoms with Crippen LogP contribution >= 0.6 is 11.6 Å².